The van der Waals surface area contributed by atoms with Crippen molar-refractivity contribution >= 4 is 17.0 Å². The van der Waals surface area contributed by atoms with Crippen molar-refractivity contribution in [2.24, 2.45) is 0 Å². The van der Waals surface area contributed by atoms with Crippen LogP contribution in [0.25, 0.3) is 22.2 Å². The van der Waals surface area contributed by atoms with Gasteiger partial charge in [0.25, 0.3) is 0 Å². The first-order chi connectivity index (χ1) is 18.3. The summed E-state index contributed by atoms with van der Waals surface area (Å²) in [5.41, 5.74) is 5.61. The maximum Gasteiger partial charge on any atom is 0.410 e. The average molecular weight is 521 g/mol. The molecule has 0 spiro atoms. The monoisotopic (exact) mass is 520 g/mol. The van der Waals surface area contributed by atoms with Crippen LogP contribution < -0.4 is 9.47 Å². The summed E-state index contributed by atoms with van der Waals surface area (Å²) in [6.07, 6.45) is 3.67. The number of piperidine rings is 1. The Morgan fingerprint density at radius 2 is 1.63 bits per heavy atom. The van der Waals surface area contributed by atoms with E-state index in [-0.39, 0.29) is 6.09 Å². The fourth-order valence-electron chi connectivity index (χ4n) is 5.84. The molecular weight excluding hydrogens is 480 g/mol. The predicted molar refractivity (Wildman–Crippen MR) is 149 cm³/mol. The van der Waals surface area contributed by atoms with Crippen LogP contribution in [0.2, 0.25) is 0 Å². The van der Waals surface area contributed by atoms with Crippen LogP contribution in [-0.2, 0) is 9.47 Å². The molecular formula is C31H40N2O5. The molecule has 2 saturated heterocycles. The molecule has 1 amide bonds. The third-order valence-corrected chi connectivity index (χ3v) is 7.78. The van der Waals surface area contributed by atoms with Gasteiger partial charge < -0.3 is 28.8 Å². The van der Waals surface area contributed by atoms with Crippen LogP contribution in [0.15, 0.2) is 36.4 Å². The molecule has 38 heavy (non-hydrogen) atoms. The minimum Gasteiger partial charge on any atom is -0.493 e. The van der Waals surface area contributed by atoms with E-state index >= 15 is 0 Å². The van der Waals surface area contributed by atoms with E-state index in [1.165, 1.54) is 16.5 Å². The van der Waals surface area contributed by atoms with E-state index in [9.17, 15) is 4.79 Å². The predicted octanol–water partition coefficient (Wildman–Crippen LogP) is 6.86. The smallest absolute Gasteiger partial charge is 0.410 e. The van der Waals surface area contributed by atoms with Gasteiger partial charge in [0.1, 0.15) is 5.60 Å². The standard InChI is InChI=1S/C31H40N2O5/c1-31(2,3)38-30(34)33-14-10-20(11-15-33)22-6-8-25-24(18-22)28(21-12-16-37-17-13-21)29(32-25)23-7-9-26(35-4)27(19-23)36-5/h6-9,18-21,32H,10-17H2,1-5H3. The van der Waals surface area contributed by atoms with Gasteiger partial charge in [-0.15, -0.1) is 0 Å². The Labute approximate surface area is 225 Å². The second kappa shape index (κ2) is 10.9. The third kappa shape index (κ3) is 5.48. The zero-order valence-corrected chi connectivity index (χ0v) is 23.3. The summed E-state index contributed by atoms with van der Waals surface area (Å²) in [6.45, 7) is 8.74. The van der Waals surface area contributed by atoms with Crippen LogP contribution in [0.5, 0.6) is 11.5 Å². The van der Waals surface area contributed by atoms with E-state index in [2.05, 4.69) is 35.3 Å². The van der Waals surface area contributed by atoms with Crippen molar-refractivity contribution in [3.05, 3.63) is 47.5 Å². The number of fused-ring (bicyclic) bond motifs is 1. The molecule has 0 atom stereocenters. The maximum absolute atomic E-state index is 12.5. The van der Waals surface area contributed by atoms with Gasteiger partial charge in [-0.3, -0.25) is 0 Å². The van der Waals surface area contributed by atoms with Gasteiger partial charge in [0.05, 0.1) is 19.9 Å². The highest BCUT2D eigenvalue weighted by molar-refractivity contribution is 5.92. The molecule has 2 aliphatic rings. The van der Waals surface area contributed by atoms with Crippen LogP contribution in [0, 0.1) is 0 Å². The lowest BCUT2D eigenvalue weighted by Crippen LogP contribution is -2.41. The summed E-state index contributed by atoms with van der Waals surface area (Å²) >= 11 is 0. The number of nitrogens with zero attached hydrogens (tertiary/aromatic N) is 1. The number of rotatable bonds is 5. The maximum atomic E-state index is 12.5. The molecule has 1 N–H and O–H groups in total. The highest BCUT2D eigenvalue weighted by Gasteiger charge is 2.29. The van der Waals surface area contributed by atoms with Crippen molar-refractivity contribution in [2.75, 3.05) is 40.5 Å². The van der Waals surface area contributed by atoms with Gasteiger partial charge in [-0.25, -0.2) is 4.79 Å². The molecule has 204 valence electrons. The molecule has 1 aromatic heterocycles. The Hall–Kier alpha value is -3.19. The van der Waals surface area contributed by atoms with Crippen LogP contribution in [-0.4, -0.2) is 62.1 Å². The number of aromatic nitrogens is 1. The van der Waals surface area contributed by atoms with Crippen molar-refractivity contribution < 1.29 is 23.7 Å². The van der Waals surface area contributed by atoms with Crippen LogP contribution in [0.3, 0.4) is 0 Å². The van der Waals surface area contributed by atoms with E-state index < -0.39 is 5.60 Å². The molecule has 0 bridgehead atoms. The van der Waals surface area contributed by atoms with Crippen molar-refractivity contribution in [3.63, 3.8) is 0 Å². The van der Waals surface area contributed by atoms with Gasteiger partial charge >= 0.3 is 6.09 Å². The first-order valence-corrected chi connectivity index (χ1v) is 13.7. The summed E-state index contributed by atoms with van der Waals surface area (Å²) in [4.78, 5) is 18.1. The molecule has 2 aromatic carbocycles. The summed E-state index contributed by atoms with van der Waals surface area (Å²) in [6, 6.07) is 13.0. The normalized spacial score (nSPS) is 17.6. The Bertz CT molecular complexity index is 1280. The second-order valence-corrected chi connectivity index (χ2v) is 11.4. The van der Waals surface area contributed by atoms with Crippen LogP contribution in [0.1, 0.15) is 69.4 Å². The molecule has 0 aliphatic carbocycles. The third-order valence-electron chi connectivity index (χ3n) is 7.78. The van der Waals surface area contributed by atoms with Gasteiger partial charge in [0.15, 0.2) is 11.5 Å². The van der Waals surface area contributed by atoms with Gasteiger partial charge in [-0.05, 0) is 99.7 Å². The number of amides is 1. The molecule has 7 nitrogen and oxygen atoms in total. The SMILES string of the molecule is COc1ccc(-c2[nH]c3ccc(C4CCN(C(=O)OC(C)(C)C)CC4)cc3c2C2CCOCC2)cc1OC. The minimum absolute atomic E-state index is 0.210. The second-order valence-electron chi connectivity index (χ2n) is 11.4. The molecule has 0 saturated carbocycles. The molecule has 0 unspecified atom stereocenters. The van der Waals surface area contributed by atoms with E-state index in [4.69, 9.17) is 18.9 Å². The number of likely N-dealkylation sites (tertiary alicyclic amines) is 1. The fraction of sp³-hybridized carbons (Fsp3) is 0.516. The van der Waals surface area contributed by atoms with Gasteiger partial charge in [0, 0.05) is 42.8 Å². The summed E-state index contributed by atoms with van der Waals surface area (Å²) in [5, 5.41) is 1.29. The van der Waals surface area contributed by atoms with Crippen molar-refractivity contribution in [3.8, 4) is 22.8 Å². The molecule has 2 fully saturated rings. The highest BCUT2D eigenvalue weighted by Crippen LogP contribution is 2.43. The number of benzene rings is 2. The Morgan fingerprint density at radius 3 is 2.29 bits per heavy atom. The summed E-state index contributed by atoms with van der Waals surface area (Å²) < 4.78 is 22.4. The first kappa shape index (κ1) is 26.4. The largest absolute Gasteiger partial charge is 0.493 e. The quantitative estimate of drug-likeness (QED) is 0.398. The number of hydrogen-bond acceptors (Lipinski definition) is 5. The summed E-state index contributed by atoms with van der Waals surface area (Å²) in [5.74, 6) is 2.28. The van der Waals surface area contributed by atoms with Crippen LogP contribution >= 0.6 is 0 Å². The molecule has 3 heterocycles. The Kier molecular flexibility index (Phi) is 7.57. The Morgan fingerprint density at radius 1 is 0.921 bits per heavy atom. The summed E-state index contributed by atoms with van der Waals surface area (Å²) in [7, 11) is 3.33. The minimum atomic E-state index is -0.473. The molecule has 3 aromatic rings. The van der Waals surface area contributed by atoms with Gasteiger partial charge in [-0.2, -0.15) is 0 Å². The molecule has 2 aliphatic heterocycles. The van der Waals surface area contributed by atoms with E-state index in [0.717, 1.165) is 67.2 Å². The highest BCUT2D eigenvalue weighted by atomic mass is 16.6. The number of aromatic amines is 1. The topological polar surface area (TPSA) is 73.0 Å². The lowest BCUT2D eigenvalue weighted by Gasteiger charge is -2.33. The number of methoxy groups -OCH3 is 2. The lowest BCUT2D eigenvalue weighted by atomic mass is 9.85. The van der Waals surface area contributed by atoms with Gasteiger partial charge in [0.2, 0.25) is 0 Å². The molecule has 5 rings (SSSR count). The average Bonchev–Trinajstić information content (AvgIpc) is 3.31. The van der Waals surface area contributed by atoms with Crippen molar-refractivity contribution in [1.82, 2.24) is 9.88 Å². The van der Waals surface area contributed by atoms with Gasteiger partial charge in [-0.1, -0.05) is 6.07 Å². The number of carbonyl (C=O) groups is 1. The van der Waals surface area contributed by atoms with E-state index in [1.54, 1.807) is 14.2 Å². The van der Waals surface area contributed by atoms with Crippen molar-refractivity contribution in [1.29, 1.82) is 0 Å². The Balaban J connectivity index is 1.47. The fourth-order valence-corrected chi connectivity index (χ4v) is 5.84. The molecule has 7 heteroatoms. The number of hydrogen-bond donors (Lipinski definition) is 1. The van der Waals surface area contributed by atoms with Crippen molar-refractivity contribution in [2.45, 2.75) is 63.9 Å². The van der Waals surface area contributed by atoms with Crippen LogP contribution in [0.4, 0.5) is 4.79 Å². The van der Waals surface area contributed by atoms with E-state index in [1.807, 2.05) is 31.7 Å². The molecule has 0 radical (unpaired) electrons. The number of carbonyl (C=O) groups excluding carboxylic acids is 1. The van der Waals surface area contributed by atoms with E-state index in [0.29, 0.717) is 24.9 Å². The number of H-pyrrole nitrogens is 1. The lowest BCUT2D eigenvalue weighted by molar-refractivity contribution is 0.0205. The number of nitrogens with one attached hydrogen (secondary N) is 1. The zero-order valence-electron chi connectivity index (χ0n) is 23.3. The first-order valence-electron chi connectivity index (χ1n) is 13.7. The zero-order chi connectivity index (χ0) is 26.9. The number of ether oxygens (including phenoxy) is 4.